The summed E-state index contributed by atoms with van der Waals surface area (Å²) in [5.41, 5.74) is 0.554. The number of piperazine rings is 1. The van der Waals surface area contributed by atoms with Gasteiger partial charge >= 0.3 is 0 Å². The lowest BCUT2D eigenvalue weighted by Gasteiger charge is -2.34. The number of Topliss-reactive ketones (excluding diaryl/α,β-unsaturated/α-hetero) is 1. The zero-order valence-electron chi connectivity index (χ0n) is 16.5. The van der Waals surface area contributed by atoms with E-state index < -0.39 is 11.8 Å². The predicted octanol–water partition coefficient (Wildman–Crippen LogP) is 1.29. The van der Waals surface area contributed by atoms with E-state index in [1.54, 1.807) is 36.4 Å². The van der Waals surface area contributed by atoms with Crippen molar-refractivity contribution in [2.45, 2.75) is 31.2 Å². The number of nitrogens with one attached hydrogen (secondary N) is 1. The maximum Gasteiger partial charge on any atom is 0.258 e. The number of aromatic nitrogens is 4. The normalized spacial score (nSPS) is 22.6. The van der Waals surface area contributed by atoms with Crippen molar-refractivity contribution < 1.29 is 18.4 Å². The lowest BCUT2D eigenvalue weighted by molar-refractivity contribution is -0.122. The number of carbonyl (C=O) groups is 2. The molecule has 4 rings (SSSR count). The first kappa shape index (κ1) is 20.3. The first-order valence-corrected chi connectivity index (χ1v) is 9.82. The molecule has 9 nitrogen and oxygen atoms in total. The van der Waals surface area contributed by atoms with E-state index in [9.17, 15) is 18.4 Å². The van der Waals surface area contributed by atoms with E-state index in [1.807, 2.05) is 4.90 Å². The monoisotopic (exact) mass is 419 g/mol. The van der Waals surface area contributed by atoms with Crippen molar-refractivity contribution in [2.24, 2.45) is 13.0 Å². The van der Waals surface area contributed by atoms with Crippen molar-refractivity contribution in [2.75, 3.05) is 29.4 Å². The number of aryl methyl sites for hydroxylation is 1. The summed E-state index contributed by atoms with van der Waals surface area (Å²) in [7, 11) is 1.75. The maximum absolute atomic E-state index is 13.1. The van der Waals surface area contributed by atoms with Gasteiger partial charge in [0.15, 0.2) is 0 Å². The van der Waals surface area contributed by atoms with Gasteiger partial charge in [-0.15, -0.1) is 0 Å². The third-order valence-corrected chi connectivity index (χ3v) is 5.45. The molecule has 2 aromatic heterocycles. The summed E-state index contributed by atoms with van der Waals surface area (Å²) < 4.78 is 27.7. The van der Waals surface area contributed by atoms with Crippen molar-refractivity contribution in [3.63, 3.8) is 0 Å². The van der Waals surface area contributed by atoms with Crippen LogP contribution in [0.15, 0.2) is 24.7 Å². The molecule has 0 bridgehead atoms. The Morgan fingerprint density at radius 2 is 2.27 bits per heavy atom. The quantitative estimate of drug-likeness (QED) is 0.644. The van der Waals surface area contributed by atoms with Crippen LogP contribution in [0, 0.1) is 5.92 Å². The standard InChI is InChI=1S/C19H23F2N7O2/c1-26-11-14(9-24-26)28(12-29)18-23-5-4-17(25-18)27-7-6-22-13(10-27)2-3-16(30)15-8-19(15,20)21/h4-5,9,11-13,15,22H,2-3,6-8,10H2,1H3. The Labute approximate surface area is 172 Å². The summed E-state index contributed by atoms with van der Waals surface area (Å²) in [5.74, 6) is -3.37. The summed E-state index contributed by atoms with van der Waals surface area (Å²) >= 11 is 0. The van der Waals surface area contributed by atoms with Crippen LogP contribution < -0.4 is 15.1 Å². The number of hydrogen-bond donors (Lipinski definition) is 1. The van der Waals surface area contributed by atoms with Crippen molar-refractivity contribution in [1.82, 2.24) is 25.1 Å². The van der Waals surface area contributed by atoms with Crippen molar-refractivity contribution in [1.29, 1.82) is 0 Å². The van der Waals surface area contributed by atoms with Gasteiger partial charge in [0.05, 0.1) is 17.8 Å². The highest BCUT2D eigenvalue weighted by atomic mass is 19.3. The fraction of sp³-hybridized carbons (Fsp3) is 0.526. The molecule has 1 aliphatic heterocycles. The van der Waals surface area contributed by atoms with E-state index in [2.05, 4.69) is 20.4 Å². The van der Waals surface area contributed by atoms with E-state index >= 15 is 0 Å². The molecule has 1 aliphatic carbocycles. The van der Waals surface area contributed by atoms with Crippen LogP contribution in [0.1, 0.15) is 19.3 Å². The number of anilines is 3. The largest absolute Gasteiger partial charge is 0.354 e. The summed E-state index contributed by atoms with van der Waals surface area (Å²) in [6.07, 6.45) is 5.77. The van der Waals surface area contributed by atoms with Gasteiger partial charge < -0.3 is 10.2 Å². The SMILES string of the molecule is Cn1cc(N(C=O)c2nccc(N3CCNC(CCC(=O)C4CC4(F)F)C3)n2)cn1. The number of hydrogen-bond acceptors (Lipinski definition) is 7. The molecule has 0 radical (unpaired) electrons. The van der Waals surface area contributed by atoms with E-state index in [4.69, 9.17) is 0 Å². The predicted molar refractivity (Wildman–Crippen MR) is 105 cm³/mol. The second kappa shape index (κ2) is 8.05. The average molecular weight is 419 g/mol. The Morgan fingerprint density at radius 3 is 2.93 bits per heavy atom. The van der Waals surface area contributed by atoms with E-state index in [0.717, 1.165) is 0 Å². The van der Waals surface area contributed by atoms with Crippen LogP contribution in [0.25, 0.3) is 0 Å². The zero-order valence-corrected chi connectivity index (χ0v) is 16.5. The number of alkyl halides is 2. The smallest absolute Gasteiger partial charge is 0.258 e. The van der Waals surface area contributed by atoms with E-state index in [1.165, 1.54) is 4.90 Å². The van der Waals surface area contributed by atoms with Crippen LogP contribution in [-0.2, 0) is 16.6 Å². The van der Waals surface area contributed by atoms with Gasteiger partial charge in [0.2, 0.25) is 12.4 Å². The molecule has 0 aromatic carbocycles. The van der Waals surface area contributed by atoms with E-state index in [0.29, 0.717) is 44.0 Å². The Morgan fingerprint density at radius 1 is 1.47 bits per heavy atom. The second-order valence-electron chi connectivity index (χ2n) is 7.68. The fourth-order valence-electron chi connectivity index (χ4n) is 3.67. The van der Waals surface area contributed by atoms with Gasteiger partial charge in [-0.3, -0.25) is 14.3 Å². The minimum Gasteiger partial charge on any atom is -0.354 e. The molecule has 2 unspecified atom stereocenters. The van der Waals surface area contributed by atoms with Gasteiger partial charge in [-0.05, 0) is 12.5 Å². The molecule has 1 saturated carbocycles. The fourth-order valence-corrected chi connectivity index (χ4v) is 3.67. The Balaban J connectivity index is 1.40. The highest BCUT2D eigenvalue weighted by Crippen LogP contribution is 2.49. The number of ketones is 1. The van der Waals surface area contributed by atoms with Crippen LogP contribution in [0.4, 0.5) is 26.2 Å². The highest BCUT2D eigenvalue weighted by molar-refractivity contribution is 5.85. The molecule has 160 valence electrons. The maximum atomic E-state index is 13.1. The molecule has 2 fully saturated rings. The van der Waals surface area contributed by atoms with Gasteiger partial charge in [0.1, 0.15) is 11.6 Å². The van der Waals surface area contributed by atoms with Crippen LogP contribution in [-0.4, -0.2) is 63.5 Å². The highest BCUT2D eigenvalue weighted by Gasteiger charge is 2.60. The molecule has 11 heteroatoms. The number of halogens is 2. The van der Waals surface area contributed by atoms with Gasteiger partial charge in [0, 0.05) is 58.0 Å². The lowest BCUT2D eigenvalue weighted by atomic mass is 10.0. The molecule has 1 N–H and O–H groups in total. The molecular weight excluding hydrogens is 396 g/mol. The van der Waals surface area contributed by atoms with E-state index in [-0.39, 0.29) is 30.6 Å². The summed E-state index contributed by atoms with van der Waals surface area (Å²) in [6.45, 7) is 1.95. The lowest BCUT2D eigenvalue weighted by Crippen LogP contribution is -2.51. The zero-order chi connectivity index (χ0) is 21.3. The van der Waals surface area contributed by atoms with Crippen molar-refractivity contribution >= 4 is 29.6 Å². The Hall–Kier alpha value is -2.95. The minimum absolute atomic E-state index is 0.00557. The molecule has 1 amide bonds. The van der Waals surface area contributed by atoms with Gasteiger partial charge in [-0.1, -0.05) is 0 Å². The molecular formula is C19H23F2N7O2. The molecule has 2 atom stereocenters. The average Bonchev–Trinajstić information content (AvgIpc) is 3.18. The molecule has 1 saturated heterocycles. The Kier molecular flexibility index (Phi) is 5.46. The minimum atomic E-state index is -2.81. The molecule has 2 aromatic rings. The van der Waals surface area contributed by atoms with Crippen LogP contribution in [0.2, 0.25) is 0 Å². The van der Waals surface area contributed by atoms with Crippen LogP contribution in [0.5, 0.6) is 0 Å². The number of carbonyl (C=O) groups excluding carboxylic acids is 2. The number of rotatable bonds is 8. The van der Waals surface area contributed by atoms with Crippen molar-refractivity contribution in [3.05, 3.63) is 24.7 Å². The first-order chi connectivity index (χ1) is 14.4. The van der Waals surface area contributed by atoms with Crippen LogP contribution in [0.3, 0.4) is 0 Å². The molecule has 30 heavy (non-hydrogen) atoms. The summed E-state index contributed by atoms with van der Waals surface area (Å²) in [4.78, 5) is 35.6. The number of nitrogens with zero attached hydrogens (tertiary/aromatic N) is 6. The van der Waals surface area contributed by atoms with Gasteiger partial charge in [0.25, 0.3) is 5.92 Å². The molecule has 3 heterocycles. The molecule has 2 aliphatic rings. The van der Waals surface area contributed by atoms with Gasteiger partial charge in [-0.25, -0.2) is 18.7 Å². The summed E-state index contributed by atoms with van der Waals surface area (Å²) in [5, 5.41) is 7.39. The third-order valence-electron chi connectivity index (χ3n) is 5.45. The topological polar surface area (TPSA) is 96.2 Å². The summed E-state index contributed by atoms with van der Waals surface area (Å²) in [6, 6.07) is 1.75. The second-order valence-corrected chi connectivity index (χ2v) is 7.68. The van der Waals surface area contributed by atoms with Gasteiger partial charge in [-0.2, -0.15) is 10.1 Å². The Bertz CT molecular complexity index is 935. The van der Waals surface area contributed by atoms with Crippen LogP contribution >= 0.6 is 0 Å². The van der Waals surface area contributed by atoms with Crippen molar-refractivity contribution in [3.8, 4) is 0 Å². The first-order valence-electron chi connectivity index (χ1n) is 9.82. The number of amides is 1. The third kappa shape index (κ3) is 4.30. The molecule has 0 spiro atoms.